The van der Waals surface area contributed by atoms with Crippen LogP contribution in [0.1, 0.15) is 41.1 Å². The van der Waals surface area contributed by atoms with E-state index in [0.717, 1.165) is 61.6 Å². The SMILES string of the molecule is COc1c(CNS(=O)[O-])cccc1C1CCN(Cc2cn(Cc3ccccc3)nn2)CC1. The second-order valence-corrected chi connectivity index (χ2v) is 8.80. The van der Waals surface area contributed by atoms with Gasteiger partial charge in [0.2, 0.25) is 0 Å². The third kappa shape index (κ3) is 5.80. The molecule has 3 aromatic rings. The molecule has 4 rings (SSSR count). The van der Waals surface area contributed by atoms with Crippen molar-refractivity contribution >= 4 is 11.3 Å². The molecule has 0 spiro atoms. The summed E-state index contributed by atoms with van der Waals surface area (Å²) < 4.78 is 31.7. The number of nitrogens with zero attached hydrogens (tertiary/aromatic N) is 4. The monoisotopic (exact) mass is 454 g/mol. The maximum atomic E-state index is 10.9. The minimum atomic E-state index is -2.30. The zero-order valence-electron chi connectivity index (χ0n) is 18.1. The second-order valence-electron chi connectivity index (χ2n) is 8.04. The van der Waals surface area contributed by atoms with E-state index >= 15 is 0 Å². The molecular formula is C23H28N5O3S-. The average molecular weight is 455 g/mol. The van der Waals surface area contributed by atoms with Gasteiger partial charge in [0.1, 0.15) is 5.75 Å². The van der Waals surface area contributed by atoms with E-state index in [2.05, 4.69) is 38.1 Å². The number of nitrogens with one attached hydrogen (secondary N) is 1. The smallest absolute Gasteiger partial charge is 0.126 e. The van der Waals surface area contributed by atoms with E-state index in [0.29, 0.717) is 5.92 Å². The number of likely N-dealkylation sites (tertiary alicyclic amines) is 1. The number of piperidine rings is 1. The molecule has 1 aromatic heterocycles. The van der Waals surface area contributed by atoms with Crippen LogP contribution in [0, 0.1) is 0 Å². The molecule has 1 fully saturated rings. The van der Waals surface area contributed by atoms with Gasteiger partial charge < -0.3 is 9.29 Å². The molecule has 0 radical (unpaired) electrons. The maximum absolute atomic E-state index is 10.9. The minimum Gasteiger partial charge on any atom is -0.760 e. The quantitative estimate of drug-likeness (QED) is 0.500. The summed E-state index contributed by atoms with van der Waals surface area (Å²) in [7, 11) is 1.64. The Morgan fingerprint density at radius 3 is 2.62 bits per heavy atom. The summed E-state index contributed by atoms with van der Waals surface area (Å²) >= 11 is -2.30. The molecule has 1 aliphatic rings. The van der Waals surface area contributed by atoms with E-state index in [9.17, 15) is 8.76 Å². The summed E-state index contributed by atoms with van der Waals surface area (Å²) in [6.07, 6.45) is 4.05. The summed E-state index contributed by atoms with van der Waals surface area (Å²) in [6, 6.07) is 16.2. The first-order valence-electron chi connectivity index (χ1n) is 10.8. The van der Waals surface area contributed by atoms with Crippen LogP contribution in [0.15, 0.2) is 54.7 Å². The van der Waals surface area contributed by atoms with Gasteiger partial charge in [-0.15, -0.1) is 5.10 Å². The number of methoxy groups -OCH3 is 1. The predicted octanol–water partition coefficient (Wildman–Crippen LogP) is 2.60. The molecule has 1 aliphatic heterocycles. The second kappa shape index (κ2) is 10.8. The number of hydrogen-bond acceptors (Lipinski definition) is 6. The first-order valence-corrected chi connectivity index (χ1v) is 11.8. The number of rotatable bonds is 9. The molecule has 170 valence electrons. The van der Waals surface area contributed by atoms with Crippen molar-refractivity contribution in [2.75, 3.05) is 20.2 Å². The van der Waals surface area contributed by atoms with E-state index in [-0.39, 0.29) is 6.54 Å². The van der Waals surface area contributed by atoms with Crippen molar-refractivity contribution in [2.45, 2.75) is 38.4 Å². The molecule has 0 bridgehead atoms. The van der Waals surface area contributed by atoms with E-state index < -0.39 is 11.3 Å². The molecule has 2 heterocycles. The lowest BCUT2D eigenvalue weighted by atomic mass is 9.87. The molecule has 1 saturated heterocycles. The molecule has 2 aromatic carbocycles. The molecule has 1 N–H and O–H groups in total. The van der Waals surface area contributed by atoms with Gasteiger partial charge in [0.25, 0.3) is 0 Å². The molecule has 0 aliphatic carbocycles. The van der Waals surface area contributed by atoms with E-state index in [1.807, 2.05) is 41.2 Å². The Balaban J connectivity index is 1.34. The van der Waals surface area contributed by atoms with Gasteiger partial charge in [0.05, 0.1) is 25.5 Å². The highest BCUT2D eigenvalue weighted by Gasteiger charge is 2.24. The van der Waals surface area contributed by atoms with Gasteiger partial charge in [-0.1, -0.05) is 53.7 Å². The summed E-state index contributed by atoms with van der Waals surface area (Å²) in [5.41, 5.74) is 4.19. The molecule has 1 unspecified atom stereocenters. The van der Waals surface area contributed by atoms with Gasteiger partial charge in [-0.2, -0.15) is 0 Å². The average Bonchev–Trinajstić information content (AvgIpc) is 3.25. The third-order valence-corrected chi connectivity index (χ3v) is 6.28. The van der Waals surface area contributed by atoms with Crippen LogP contribution in [0.2, 0.25) is 0 Å². The first-order chi connectivity index (χ1) is 15.6. The summed E-state index contributed by atoms with van der Waals surface area (Å²) in [5, 5.41) is 8.63. The van der Waals surface area contributed by atoms with E-state index in [4.69, 9.17) is 4.74 Å². The van der Waals surface area contributed by atoms with Crippen molar-refractivity contribution < 1.29 is 13.5 Å². The van der Waals surface area contributed by atoms with Crippen molar-refractivity contribution in [3.05, 3.63) is 77.1 Å². The zero-order chi connectivity index (χ0) is 22.3. The van der Waals surface area contributed by atoms with E-state index in [1.165, 1.54) is 5.56 Å². The Morgan fingerprint density at radius 1 is 1.12 bits per heavy atom. The Bertz CT molecular complexity index is 1040. The fraction of sp³-hybridized carbons (Fsp3) is 0.391. The number of para-hydroxylation sites is 1. The number of aromatic nitrogens is 3. The summed E-state index contributed by atoms with van der Waals surface area (Å²) in [6.45, 7) is 3.67. The lowest BCUT2D eigenvalue weighted by Crippen LogP contribution is -2.32. The molecular weight excluding hydrogens is 426 g/mol. The third-order valence-electron chi connectivity index (χ3n) is 5.90. The molecule has 0 amide bonds. The lowest BCUT2D eigenvalue weighted by molar-refractivity contribution is 0.201. The van der Waals surface area contributed by atoms with Crippen LogP contribution in [-0.4, -0.2) is 48.9 Å². The van der Waals surface area contributed by atoms with E-state index in [1.54, 1.807) is 7.11 Å². The minimum absolute atomic E-state index is 0.227. The molecule has 32 heavy (non-hydrogen) atoms. The van der Waals surface area contributed by atoms with Crippen LogP contribution in [0.25, 0.3) is 0 Å². The molecule has 1 atom stereocenters. The number of benzene rings is 2. The van der Waals surface area contributed by atoms with Crippen molar-refractivity contribution in [1.29, 1.82) is 0 Å². The largest absolute Gasteiger partial charge is 0.760 e. The normalized spacial score (nSPS) is 16.2. The van der Waals surface area contributed by atoms with Crippen molar-refractivity contribution in [3.63, 3.8) is 0 Å². The topological polar surface area (TPSA) is 95.3 Å². The van der Waals surface area contributed by atoms with Gasteiger partial charge >= 0.3 is 0 Å². The molecule has 0 saturated carbocycles. The number of ether oxygens (including phenoxy) is 1. The van der Waals surface area contributed by atoms with Crippen LogP contribution in [-0.2, 0) is 30.9 Å². The zero-order valence-corrected chi connectivity index (χ0v) is 19.0. The van der Waals surface area contributed by atoms with Crippen LogP contribution in [0.3, 0.4) is 0 Å². The van der Waals surface area contributed by atoms with Gasteiger partial charge in [-0.3, -0.25) is 9.11 Å². The van der Waals surface area contributed by atoms with Crippen LogP contribution in [0.4, 0.5) is 0 Å². The Morgan fingerprint density at radius 2 is 1.91 bits per heavy atom. The molecule has 8 nitrogen and oxygen atoms in total. The lowest BCUT2D eigenvalue weighted by Gasteiger charge is -2.32. The highest BCUT2D eigenvalue weighted by atomic mass is 32.2. The van der Waals surface area contributed by atoms with Gasteiger partial charge in [-0.25, -0.2) is 9.40 Å². The standard InChI is InChI=1S/C23H29N5O3S/c1-31-23-20(14-24-32(29)30)8-5-9-22(23)19-10-12-27(13-11-19)16-21-17-28(26-25-21)15-18-6-3-2-4-7-18/h2-9,17,19,24H,10-16H2,1H3,(H,29,30)/p-1. The van der Waals surface area contributed by atoms with Crippen LogP contribution in [0.5, 0.6) is 5.75 Å². The van der Waals surface area contributed by atoms with Gasteiger partial charge in [0, 0.05) is 29.9 Å². The summed E-state index contributed by atoms with van der Waals surface area (Å²) in [5.74, 6) is 1.17. The summed E-state index contributed by atoms with van der Waals surface area (Å²) in [4.78, 5) is 2.41. The Labute approximate surface area is 191 Å². The predicted molar refractivity (Wildman–Crippen MR) is 122 cm³/mol. The highest BCUT2D eigenvalue weighted by Crippen LogP contribution is 2.36. The molecule has 9 heteroatoms. The highest BCUT2D eigenvalue weighted by molar-refractivity contribution is 7.77. The van der Waals surface area contributed by atoms with Crippen molar-refractivity contribution in [1.82, 2.24) is 24.6 Å². The Hall–Kier alpha value is -2.59. The first kappa shape index (κ1) is 22.6. The van der Waals surface area contributed by atoms with Gasteiger partial charge in [-0.05, 0) is 43.0 Å². The maximum Gasteiger partial charge on any atom is 0.126 e. The van der Waals surface area contributed by atoms with Crippen LogP contribution < -0.4 is 9.46 Å². The fourth-order valence-corrected chi connectivity index (χ4v) is 4.61. The van der Waals surface area contributed by atoms with Crippen molar-refractivity contribution in [3.8, 4) is 5.75 Å². The van der Waals surface area contributed by atoms with Crippen LogP contribution >= 0.6 is 0 Å². The van der Waals surface area contributed by atoms with Crippen molar-refractivity contribution in [2.24, 2.45) is 0 Å². The van der Waals surface area contributed by atoms with Gasteiger partial charge in [0.15, 0.2) is 0 Å². The Kier molecular flexibility index (Phi) is 7.64. The fourth-order valence-electron chi connectivity index (χ4n) is 4.34. The number of hydrogen-bond donors (Lipinski definition) is 1.